The number of carbonyl (C=O) groups excluding carboxylic acids is 1. The highest BCUT2D eigenvalue weighted by Crippen LogP contribution is 2.27. The first kappa shape index (κ1) is 12.8. The molecule has 98 valence electrons. The van der Waals surface area contributed by atoms with Crippen molar-refractivity contribution in [2.75, 3.05) is 19.3 Å². The molecule has 1 fully saturated rings. The summed E-state index contributed by atoms with van der Waals surface area (Å²) in [5.41, 5.74) is 4.68. The Bertz CT molecular complexity index is 472. The van der Waals surface area contributed by atoms with Crippen LogP contribution in [0, 0.1) is 17.6 Å². The maximum Gasteiger partial charge on any atom is 0.256 e. The SMILES string of the molecule is CN(CC1CCC1)C(=O)c1cc(F)cc(N)c1F. The number of rotatable bonds is 3. The molecule has 0 spiro atoms. The predicted octanol–water partition coefficient (Wildman–Crippen LogP) is 2.42. The van der Waals surface area contributed by atoms with Crippen molar-refractivity contribution in [3.05, 3.63) is 29.3 Å². The Kier molecular flexibility index (Phi) is 3.50. The van der Waals surface area contributed by atoms with Gasteiger partial charge in [-0.15, -0.1) is 0 Å². The van der Waals surface area contributed by atoms with Crippen molar-refractivity contribution in [1.29, 1.82) is 0 Å². The van der Waals surface area contributed by atoms with Crippen LogP contribution in [-0.2, 0) is 0 Å². The molecular weight excluding hydrogens is 238 g/mol. The van der Waals surface area contributed by atoms with Crippen LogP contribution < -0.4 is 5.73 Å². The van der Waals surface area contributed by atoms with Gasteiger partial charge >= 0.3 is 0 Å². The lowest BCUT2D eigenvalue weighted by Gasteiger charge is -2.30. The van der Waals surface area contributed by atoms with E-state index in [4.69, 9.17) is 5.73 Å². The van der Waals surface area contributed by atoms with Crippen LogP contribution in [0.25, 0.3) is 0 Å². The third-order valence-corrected chi connectivity index (χ3v) is 3.40. The van der Waals surface area contributed by atoms with Crippen LogP contribution in [0.1, 0.15) is 29.6 Å². The molecule has 18 heavy (non-hydrogen) atoms. The summed E-state index contributed by atoms with van der Waals surface area (Å²) >= 11 is 0. The molecule has 0 saturated heterocycles. The highest BCUT2D eigenvalue weighted by molar-refractivity contribution is 5.95. The van der Waals surface area contributed by atoms with Gasteiger partial charge in [0.1, 0.15) is 5.82 Å². The van der Waals surface area contributed by atoms with E-state index in [1.54, 1.807) is 7.05 Å². The number of benzene rings is 1. The summed E-state index contributed by atoms with van der Waals surface area (Å²) in [7, 11) is 1.60. The number of hydrogen-bond donors (Lipinski definition) is 1. The van der Waals surface area contributed by atoms with Crippen LogP contribution >= 0.6 is 0 Å². The van der Waals surface area contributed by atoms with Crippen LogP contribution in [-0.4, -0.2) is 24.4 Å². The lowest BCUT2D eigenvalue weighted by molar-refractivity contribution is 0.0740. The van der Waals surface area contributed by atoms with E-state index in [-0.39, 0.29) is 11.3 Å². The van der Waals surface area contributed by atoms with Gasteiger partial charge in [-0.05, 0) is 30.9 Å². The van der Waals surface area contributed by atoms with Gasteiger partial charge in [-0.25, -0.2) is 8.78 Å². The first-order valence-electron chi connectivity index (χ1n) is 5.99. The summed E-state index contributed by atoms with van der Waals surface area (Å²) in [4.78, 5) is 13.4. The summed E-state index contributed by atoms with van der Waals surface area (Å²) in [6.45, 7) is 0.578. The maximum absolute atomic E-state index is 13.7. The van der Waals surface area contributed by atoms with E-state index in [0.29, 0.717) is 12.5 Å². The molecule has 0 heterocycles. The van der Waals surface area contributed by atoms with Crippen LogP contribution in [0.15, 0.2) is 12.1 Å². The number of nitrogens with zero attached hydrogens (tertiary/aromatic N) is 1. The molecule has 0 bridgehead atoms. The molecular formula is C13H16F2N2O. The quantitative estimate of drug-likeness (QED) is 0.842. The largest absolute Gasteiger partial charge is 0.396 e. The zero-order valence-electron chi connectivity index (χ0n) is 10.2. The van der Waals surface area contributed by atoms with E-state index in [0.717, 1.165) is 25.0 Å². The minimum absolute atomic E-state index is 0.297. The maximum atomic E-state index is 13.7. The Labute approximate surface area is 105 Å². The minimum atomic E-state index is -0.846. The molecule has 1 aromatic carbocycles. The van der Waals surface area contributed by atoms with Crippen LogP contribution in [0.3, 0.4) is 0 Å². The molecule has 1 aromatic rings. The highest BCUT2D eigenvalue weighted by atomic mass is 19.1. The van der Waals surface area contributed by atoms with E-state index in [2.05, 4.69) is 0 Å². The number of amides is 1. The van der Waals surface area contributed by atoms with Gasteiger partial charge in [-0.2, -0.15) is 0 Å². The van der Waals surface area contributed by atoms with Gasteiger partial charge in [0, 0.05) is 13.6 Å². The van der Waals surface area contributed by atoms with Crippen molar-refractivity contribution < 1.29 is 13.6 Å². The van der Waals surface area contributed by atoms with Gasteiger partial charge in [0.15, 0.2) is 5.82 Å². The van der Waals surface area contributed by atoms with E-state index < -0.39 is 17.5 Å². The molecule has 1 aliphatic carbocycles. The normalized spacial score (nSPS) is 15.3. The molecule has 2 N–H and O–H groups in total. The average molecular weight is 254 g/mol. The number of nitrogen functional groups attached to an aromatic ring is 1. The van der Waals surface area contributed by atoms with Crippen molar-refractivity contribution >= 4 is 11.6 Å². The average Bonchev–Trinajstić information content (AvgIpc) is 2.27. The second-order valence-electron chi connectivity index (χ2n) is 4.84. The zero-order valence-corrected chi connectivity index (χ0v) is 10.2. The summed E-state index contributed by atoms with van der Waals surface area (Å²) in [6, 6.07) is 1.77. The van der Waals surface area contributed by atoms with E-state index in [1.807, 2.05) is 0 Å². The smallest absolute Gasteiger partial charge is 0.256 e. The zero-order chi connectivity index (χ0) is 13.3. The molecule has 1 aliphatic rings. The Morgan fingerprint density at radius 1 is 1.44 bits per heavy atom. The van der Waals surface area contributed by atoms with Crippen molar-refractivity contribution in [3.63, 3.8) is 0 Å². The lowest BCUT2D eigenvalue weighted by atomic mass is 9.85. The Hall–Kier alpha value is -1.65. The molecule has 0 unspecified atom stereocenters. The van der Waals surface area contributed by atoms with Crippen LogP contribution in [0.2, 0.25) is 0 Å². The Morgan fingerprint density at radius 3 is 2.67 bits per heavy atom. The van der Waals surface area contributed by atoms with Crippen molar-refractivity contribution in [2.45, 2.75) is 19.3 Å². The van der Waals surface area contributed by atoms with Gasteiger partial charge in [-0.3, -0.25) is 4.79 Å². The summed E-state index contributed by atoms with van der Waals surface area (Å²) < 4.78 is 26.8. The predicted molar refractivity (Wildman–Crippen MR) is 65.1 cm³/mol. The third kappa shape index (κ3) is 2.44. The van der Waals surface area contributed by atoms with E-state index in [1.165, 1.54) is 11.3 Å². The number of halogens is 2. The monoisotopic (exact) mass is 254 g/mol. The van der Waals surface area contributed by atoms with Crippen LogP contribution in [0.4, 0.5) is 14.5 Å². The van der Waals surface area contributed by atoms with Gasteiger partial charge in [0.05, 0.1) is 11.3 Å². The standard InChI is InChI=1S/C13H16F2N2O/c1-17(7-8-3-2-4-8)13(18)10-5-9(14)6-11(16)12(10)15/h5-6,8H,2-4,7,16H2,1H3. The van der Waals surface area contributed by atoms with E-state index >= 15 is 0 Å². The minimum Gasteiger partial charge on any atom is -0.396 e. The lowest BCUT2D eigenvalue weighted by Crippen LogP contribution is -2.34. The second-order valence-corrected chi connectivity index (χ2v) is 4.84. The summed E-state index contributed by atoms with van der Waals surface area (Å²) in [5.74, 6) is -1.59. The van der Waals surface area contributed by atoms with Crippen molar-refractivity contribution in [1.82, 2.24) is 4.90 Å². The topological polar surface area (TPSA) is 46.3 Å². The molecule has 5 heteroatoms. The van der Waals surface area contributed by atoms with Gasteiger partial charge in [-0.1, -0.05) is 6.42 Å². The van der Waals surface area contributed by atoms with Crippen LogP contribution in [0.5, 0.6) is 0 Å². The number of carbonyl (C=O) groups is 1. The first-order valence-corrected chi connectivity index (χ1v) is 5.99. The van der Waals surface area contributed by atoms with Gasteiger partial charge in [0.25, 0.3) is 5.91 Å². The van der Waals surface area contributed by atoms with E-state index in [9.17, 15) is 13.6 Å². The first-order chi connectivity index (χ1) is 8.49. The molecule has 1 amide bonds. The summed E-state index contributed by atoms with van der Waals surface area (Å²) in [5, 5.41) is 0. The molecule has 3 nitrogen and oxygen atoms in total. The third-order valence-electron chi connectivity index (χ3n) is 3.40. The fourth-order valence-electron chi connectivity index (χ4n) is 2.12. The fraction of sp³-hybridized carbons (Fsp3) is 0.462. The van der Waals surface area contributed by atoms with Gasteiger partial charge in [0.2, 0.25) is 0 Å². The Morgan fingerprint density at radius 2 is 2.11 bits per heavy atom. The number of nitrogens with two attached hydrogens (primary N) is 1. The van der Waals surface area contributed by atoms with Gasteiger partial charge < -0.3 is 10.6 Å². The highest BCUT2D eigenvalue weighted by Gasteiger charge is 2.24. The number of hydrogen-bond acceptors (Lipinski definition) is 2. The van der Waals surface area contributed by atoms with Crippen molar-refractivity contribution in [3.8, 4) is 0 Å². The fourth-order valence-corrected chi connectivity index (χ4v) is 2.12. The number of anilines is 1. The molecule has 0 aromatic heterocycles. The molecule has 1 saturated carbocycles. The van der Waals surface area contributed by atoms with Crippen molar-refractivity contribution in [2.24, 2.45) is 5.92 Å². The molecule has 0 atom stereocenters. The summed E-state index contributed by atoms with van der Waals surface area (Å²) in [6.07, 6.45) is 3.35. The molecule has 0 aliphatic heterocycles. The molecule has 0 radical (unpaired) electrons. The molecule has 2 rings (SSSR count). The Balaban J connectivity index is 2.16. The second kappa shape index (κ2) is 4.92.